The molecular formula is C33H31N7O3. The first-order valence-electron chi connectivity index (χ1n) is 14.0. The molecule has 0 spiro atoms. The highest BCUT2D eigenvalue weighted by atomic mass is 16.7. The molecule has 0 heterocycles. The third-order valence-electron chi connectivity index (χ3n) is 6.45. The number of rotatable bonds is 10. The number of unbranched alkanes of at least 4 members (excludes halogenated alkanes) is 1. The molecule has 2 N–H and O–H groups in total. The number of anilines is 1. The van der Waals surface area contributed by atoms with Gasteiger partial charge in [0.2, 0.25) is 0 Å². The van der Waals surface area contributed by atoms with E-state index >= 15 is 0 Å². The molecule has 0 saturated heterocycles. The van der Waals surface area contributed by atoms with Crippen molar-refractivity contribution in [1.82, 2.24) is 0 Å². The maximum Gasteiger partial charge on any atom is 0.513 e. The lowest BCUT2D eigenvalue weighted by Gasteiger charge is -2.08. The van der Waals surface area contributed by atoms with Gasteiger partial charge in [-0.2, -0.15) is 20.5 Å². The summed E-state index contributed by atoms with van der Waals surface area (Å²) in [6, 6.07) is 25.5. The van der Waals surface area contributed by atoms with Gasteiger partial charge in [-0.1, -0.05) is 49.8 Å². The standard InChI is InChI=1S/C33H31N7O3/c1-2-3-22-42-33(41)43-28-18-16-27(17-19-28)38-40-32-21-20-31(29-6-4-5-7-30(29)32)39-37-26-14-12-25(13-15-26)36-35-24-10-8-23(34)9-11-24/h4-12,14-21,25H,2-3,13,22,34H2,1H3/b36-35+,39-37+,40-38+. The molecule has 0 radical (unpaired) electrons. The summed E-state index contributed by atoms with van der Waals surface area (Å²) in [5.41, 5.74) is 9.96. The van der Waals surface area contributed by atoms with E-state index in [4.69, 9.17) is 15.2 Å². The van der Waals surface area contributed by atoms with Crippen molar-refractivity contribution in [2.45, 2.75) is 32.2 Å². The van der Waals surface area contributed by atoms with Crippen LogP contribution in [0.15, 0.2) is 140 Å². The Labute approximate surface area is 249 Å². The largest absolute Gasteiger partial charge is 0.513 e. The third-order valence-corrected chi connectivity index (χ3v) is 6.45. The number of carbonyl (C=O) groups is 1. The highest BCUT2D eigenvalue weighted by Gasteiger charge is 2.09. The molecule has 4 aromatic rings. The van der Waals surface area contributed by atoms with Gasteiger partial charge in [-0.3, -0.25) is 0 Å². The molecule has 4 aromatic carbocycles. The molecule has 0 aliphatic heterocycles. The van der Waals surface area contributed by atoms with Gasteiger partial charge >= 0.3 is 6.16 Å². The van der Waals surface area contributed by atoms with Crippen molar-refractivity contribution in [3.8, 4) is 5.75 Å². The number of carbonyl (C=O) groups excluding carboxylic acids is 1. The lowest BCUT2D eigenvalue weighted by atomic mass is 10.1. The Kier molecular flexibility index (Phi) is 9.71. The monoisotopic (exact) mass is 573 g/mol. The van der Waals surface area contributed by atoms with Crippen molar-refractivity contribution in [3.05, 3.63) is 109 Å². The maximum atomic E-state index is 11.7. The first-order valence-corrected chi connectivity index (χ1v) is 14.0. The fourth-order valence-corrected chi connectivity index (χ4v) is 4.11. The summed E-state index contributed by atoms with van der Waals surface area (Å²) in [5, 5.41) is 28.3. The van der Waals surface area contributed by atoms with Crippen LogP contribution in [0.25, 0.3) is 10.8 Å². The Balaban J connectivity index is 1.22. The molecule has 0 bridgehead atoms. The summed E-state index contributed by atoms with van der Waals surface area (Å²) in [6.07, 6.45) is 7.55. The van der Waals surface area contributed by atoms with E-state index in [1.54, 1.807) is 36.4 Å². The van der Waals surface area contributed by atoms with Crippen molar-refractivity contribution in [1.29, 1.82) is 0 Å². The zero-order chi connectivity index (χ0) is 29.9. The van der Waals surface area contributed by atoms with Crippen molar-refractivity contribution in [3.63, 3.8) is 0 Å². The van der Waals surface area contributed by atoms with Crippen LogP contribution in [0, 0.1) is 0 Å². The third kappa shape index (κ3) is 8.26. The molecule has 43 heavy (non-hydrogen) atoms. The Hall–Kier alpha value is -5.51. The number of nitrogen functional groups attached to an aromatic ring is 1. The summed E-state index contributed by atoms with van der Waals surface area (Å²) in [4.78, 5) is 11.7. The number of benzene rings is 4. The normalized spacial score (nSPS) is 15.0. The van der Waals surface area contributed by atoms with Gasteiger partial charge in [0.1, 0.15) is 5.75 Å². The smallest absolute Gasteiger partial charge is 0.434 e. The van der Waals surface area contributed by atoms with Crippen LogP contribution in [0.3, 0.4) is 0 Å². The van der Waals surface area contributed by atoms with Crippen molar-refractivity contribution in [2.75, 3.05) is 12.3 Å². The van der Waals surface area contributed by atoms with E-state index in [1.807, 2.05) is 73.7 Å². The predicted octanol–water partition coefficient (Wildman–Crippen LogP) is 10.2. The Morgan fingerprint density at radius 2 is 1.47 bits per heavy atom. The molecule has 0 aromatic heterocycles. The molecule has 1 aliphatic rings. The van der Waals surface area contributed by atoms with Gasteiger partial charge in [0.15, 0.2) is 0 Å². The molecular weight excluding hydrogens is 542 g/mol. The molecule has 0 fully saturated rings. The van der Waals surface area contributed by atoms with E-state index in [-0.39, 0.29) is 6.04 Å². The van der Waals surface area contributed by atoms with Crippen molar-refractivity contribution in [2.24, 2.45) is 30.7 Å². The minimum atomic E-state index is -0.719. The molecule has 1 atom stereocenters. The molecule has 10 heteroatoms. The number of allylic oxidation sites excluding steroid dienone is 1. The summed E-state index contributed by atoms with van der Waals surface area (Å²) in [6.45, 7) is 2.36. The van der Waals surface area contributed by atoms with Gasteiger partial charge < -0.3 is 15.2 Å². The predicted molar refractivity (Wildman–Crippen MR) is 167 cm³/mol. The van der Waals surface area contributed by atoms with Crippen LogP contribution in [0.4, 0.5) is 33.2 Å². The van der Waals surface area contributed by atoms with Crippen LogP contribution in [-0.4, -0.2) is 18.8 Å². The zero-order valence-corrected chi connectivity index (χ0v) is 23.7. The van der Waals surface area contributed by atoms with Crippen LogP contribution in [0.5, 0.6) is 5.75 Å². The van der Waals surface area contributed by atoms with Crippen LogP contribution in [0.2, 0.25) is 0 Å². The number of nitrogens with two attached hydrogens (primary N) is 1. The van der Waals surface area contributed by atoms with Crippen LogP contribution < -0.4 is 10.5 Å². The molecule has 1 aliphatic carbocycles. The SMILES string of the molecule is CCCCOC(=O)Oc1ccc(/N=N/c2ccc(/N=N/C3=CCC(/N=N/c4ccc(N)cc4)C=C3)c3ccccc23)cc1. The highest BCUT2D eigenvalue weighted by Crippen LogP contribution is 2.35. The quantitative estimate of drug-likeness (QED) is 0.0663. The van der Waals surface area contributed by atoms with Gasteiger partial charge in [0.25, 0.3) is 0 Å². The average molecular weight is 574 g/mol. The number of hydrogen-bond acceptors (Lipinski definition) is 10. The summed E-state index contributed by atoms with van der Waals surface area (Å²) in [7, 11) is 0. The minimum absolute atomic E-state index is 0.0576. The molecule has 0 amide bonds. The Morgan fingerprint density at radius 1 is 0.814 bits per heavy atom. The molecule has 216 valence electrons. The van der Waals surface area contributed by atoms with Crippen LogP contribution in [0.1, 0.15) is 26.2 Å². The van der Waals surface area contributed by atoms with Gasteiger partial charge in [-0.15, -0.1) is 10.2 Å². The summed E-state index contributed by atoms with van der Waals surface area (Å²) < 4.78 is 10.2. The van der Waals surface area contributed by atoms with E-state index in [2.05, 4.69) is 30.7 Å². The van der Waals surface area contributed by atoms with Gasteiger partial charge in [0.05, 0.1) is 41.1 Å². The number of ether oxygens (including phenoxy) is 2. The first-order chi connectivity index (χ1) is 21.1. The second-order valence-corrected chi connectivity index (χ2v) is 9.70. The van der Waals surface area contributed by atoms with Crippen molar-refractivity contribution < 1.29 is 14.3 Å². The molecule has 0 saturated carbocycles. The van der Waals surface area contributed by atoms with Gasteiger partial charge in [-0.05, 0) is 79.6 Å². The van der Waals surface area contributed by atoms with E-state index < -0.39 is 6.16 Å². The van der Waals surface area contributed by atoms with E-state index in [0.717, 1.165) is 40.7 Å². The lowest BCUT2D eigenvalue weighted by molar-refractivity contribution is 0.0978. The summed E-state index contributed by atoms with van der Waals surface area (Å²) >= 11 is 0. The zero-order valence-electron chi connectivity index (χ0n) is 23.7. The summed E-state index contributed by atoms with van der Waals surface area (Å²) in [5.74, 6) is 0.376. The highest BCUT2D eigenvalue weighted by molar-refractivity contribution is 5.99. The Morgan fingerprint density at radius 3 is 2.12 bits per heavy atom. The number of fused-ring (bicyclic) bond motifs is 1. The van der Waals surface area contributed by atoms with Crippen LogP contribution >= 0.6 is 0 Å². The molecule has 5 rings (SSSR count). The van der Waals surface area contributed by atoms with E-state index in [0.29, 0.717) is 35.8 Å². The number of nitrogens with zero attached hydrogens (tertiary/aromatic N) is 6. The van der Waals surface area contributed by atoms with E-state index in [1.165, 1.54) is 0 Å². The molecule has 1 unspecified atom stereocenters. The van der Waals surface area contributed by atoms with E-state index in [9.17, 15) is 4.79 Å². The van der Waals surface area contributed by atoms with Crippen molar-refractivity contribution >= 4 is 45.4 Å². The lowest BCUT2D eigenvalue weighted by Crippen LogP contribution is -2.11. The van der Waals surface area contributed by atoms with Crippen LogP contribution in [-0.2, 0) is 4.74 Å². The molecule has 10 nitrogen and oxygen atoms in total. The second-order valence-electron chi connectivity index (χ2n) is 9.70. The minimum Gasteiger partial charge on any atom is -0.434 e. The average Bonchev–Trinajstić information content (AvgIpc) is 3.04. The topological polar surface area (TPSA) is 136 Å². The first kappa shape index (κ1) is 29.0. The van der Waals surface area contributed by atoms with Gasteiger partial charge in [-0.25, -0.2) is 4.79 Å². The second kappa shape index (κ2) is 14.4. The number of hydrogen-bond donors (Lipinski definition) is 1. The van der Waals surface area contributed by atoms with Gasteiger partial charge in [0, 0.05) is 16.5 Å². The fourth-order valence-electron chi connectivity index (χ4n) is 4.11. The maximum absolute atomic E-state index is 11.7. The fraction of sp³-hybridized carbons (Fsp3) is 0.182. The Bertz CT molecular complexity index is 1710. The number of azo groups is 3.